The van der Waals surface area contributed by atoms with Crippen LogP contribution in [-0.4, -0.2) is 28.9 Å². The molecule has 3 heterocycles. The van der Waals surface area contributed by atoms with Crippen molar-refractivity contribution in [2.24, 2.45) is 0 Å². The van der Waals surface area contributed by atoms with Crippen molar-refractivity contribution in [1.82, 2.24) is 19.3 Å². The largest absolute Gasteiger partial charge is 0.316 e. The first-order valence-corrected chi connectivity index (χ1v) is 10.4. The van der Waals surface area contributed by atoms with Crippen molar-refractivity contribution in [3.8, 4) is 5.69 Å². The Kier molecular flexibility index (Phi) is 4.63. The summed E-state index contributed by atoms with van der Waals surface area (Å²) in [7, 11) is -4.07. The van der Waals surface area contributed by atoms with E-state index in [1.807, 2.05) is 17.6 Å². The number of hydrogen-bond acceptors (Lipinski definition) is 5. The van der Waals surface area contributed by atoms with Gasteiger partial charge >= 0.3 is 0 Å². The van der Waals surface area contributed by atoms with E-state index in [2.05, 4.69) is 14.7 Å². The van der Waals surface area contributed by atoms with Gasteiger partial charge in [-0.15, -0.1) is 0 Å². The van der Waals surface area contributed by atoms with E-state index >= 15 is 0 Å². The molecule has 0 saturated carbocycles. The molecule has 0 radical (unpaired) electrons. The normalized spacial score (nSPS) is 11.5. The Balaban J connectivity index is 1.71. The molecular weight excluding hydrogens is 388 g/mol. The Bertz CT molecular complexity index is 1320. The maximum absolute atomic E-state index is 12.9. The summed E-state index contributed by atoms with van der Waals surface area (Å²) >= 11 is 0. The van der Waals surface area contributed by atoms with E-state index in [-0.39, 0.29) is 10.5 Å². The number of amides is 1. The minimum atomic E-state index is -4.07. The van der Waals surface area contributed by atoms with Crippen LogP contribution in [0.25, 0.3) is 16.5 Å². The molecule has 0 atom stereocenters. The lowest BCUT2D eigenvalue weighted by Gasteiger charge is -2.11. The van der Waals surface area contributed by atoms with Crippen LogP contribution in [0.2, 0.25) is 0 Å². The van der Waals surface area contributed by atoms with Crippen LogP contribution in [-0.2, 0) is 10.0 Å². The summed E-state index contributed by atoms with van der Waals surface area (Å²) in [4.78, 5) is 21.0. The van der Waals surface area contributed by atoms with Gasteiger partial charge in [-0.05, 0) is 44.2 Å². The molecule has 29 heavy (non-hydrogen) atoms. The van der Waals surface area contributed by atoms with Gasteiger partial charge in [-0.3, -0.25) is 14.8 Å². The van der Waals surface area contributed by atoms with Crippen LogP contribution in [0.3, 0.4) is 0 Å². The number of nitrogens with one attached hydrogen (secondary N) is 1. The zero-order valence-electron chi connectivity index (χ0n) is 15.8. The molecule has 3 aromatic heterocycles. The van der Waals surface area contributed by atoms with Gasteiger partial charge in [-0.2, -0.15) is 0 Å². The Labute approximate surface area is 168 Å². The van der Waals surface area contributed by atoms with Gasteiger partial charge in [0.25, 0.3) is 15.9 Å². The van der Waals surface area contributed by atoms with Crippen LogP contribution in [0.4, 0.5) is 0 Å². The molecule has 0 unspecified atom stereocenters. The highest BCUT2D eigenvalue weighted by atomic mass is 32.2. The van der Waals surface area contributed by atoms with Gasteiger partial charge in [0.1, 0.15) is 0 Å². The van der Waals surface area contributed by atoms with E-state index < -0.39 is 15.9 Å². The molecule has 146 valence electrons. The molecule has 4 rings (SSSR count). The molecular formula is C21H18N4O3S. The van der Waals surface area contributed by atoms with Crippen molar-refractivity contribution in [2.45, 2.75) is 18.7 Å². The predicted molar refractivity (Wildman–Crippen MR) is 109 cm³/mol. The highest BCUT2D eigenvalue weighted by Gasteiger charge is 2.24. The van der Waals surface area contributed by atoms with Crippen LogP contribution in [0.1, 0.15) is 21.7 Å². The molecule has 0 aliphatic rings. The fourth-order valence-electron chi connectivity index (χ4n) is 3.44. The third-order valence-electron chi connectivity index (χ3n) is 4.74. The Morgan fingerprint density at radius 3 is 2.55 bits per heavy atom. The number of aryl methyl sites for hydroxylation is 1. The number of fused-ring (bicyclic) bond motifs is 1. The van der Waals surface area contributed by atoms with Crippen molar-refractivity contribution in [2.75, 3.05) is 0 Å². The first kappa shape index (κ1) is 18.8. The van der Waals surface area contributed by atoms with Crippen LogP contribution in [0.15, 0.2) is 72.1 Å². The molecule has 1 N–H and O–H groups in total. The van der Waals surface area contributed by atoms with Gasteiger partial charge in [0.2, 0.25) is 0 Å². The number of carbonyl (C=O) groups is 1. The molecule has 0 aliphatic heterocycles. The standard InChI is InChI=1S/C21H18N4O3S/c1-14-11-19(15(2)25(14)17-6-4-9-22-13-17)21(26)24-29(27,28)20-7-3-5-16-12-23-10-8-18(16)20/h3-13H,1-2H3,(H,24,26). The summed E-state index contributed by atoms with van der Waals surface area (Å²) < 4.78 is 29.9. The Morgan fingerprint density at radius 2 is 1.79 bits per heavy atom. The number of carbonyl (C=O) groups excluding carboxylic acids is 1. The second-order valence-electron chi connectivity index (χ2n) is 6.62. The monoisotopic (exact) mass is 406 g/mol. The number of rotatable bonds is 4. The van der Waals surface area contributed by atoms with Gasteiger partial charge < -0.3 is 4.57 Å². The van der Waals surface area contributed by atoms with E-state index in [1.165, 1.54) is 12.3 Å². The van der Waals surface area contributed by atoms with E-state index in [1.54, 1.807) is 55.8 Å². The lowest BCUT2D eigenvalue weighted by atomic mass is 10.2. The average molecular weight is 406 g/mol. The summed E-state index contributed by atoms with van der Waals surface area (Å²) in [6.07, 6.45) is 6.45. The fourth-order valence-corrected chi connectivity index (χ4v) is 4.63. The molecule has 7 nitrogen and oxygen atoms in total. The summed E-state index contributed by atoms with van der Waals surface area (Å²) in [5.74, 6) is -0.681. The highest BCUT2D eigenvalue weighted by molar-refractivity contribution is 7.90. The Morgan fingerprint density at radius 1 is 1.00 bits per heavy atom. The second-order valence-corrected chi connectivity index (χ2v) is 8.27. The SMILES string of the molecule is Cc1cc(C(=O)NS(=O)(=O)c2cccc3cnccc23)c(C)n1-c1cccnc1. The zero-order valence-corrected chi connectivity index (χ0v) is 16.6. The van der Waals surface area contributed by atoms with E-state index in [0.29, 0.717) is 16.5 Å². The van der Waals surface area contributed by atoms with Gasteiger partial charge in [-0.25, -0.2) is 13.1 Å². The predicted octanol–water partition coefficient (Wildman–Crippen LogP) is 3.16. The van der Waals surface area contributed by atoms with Gasteiger partial charge in [0, 0.05) is 40.8 Å². The molecule has 4 aromatic rings. The van der Waals surface area contributed by atoms with Gasteiger partial charge in [-0.1, -0.05) is 12.1 Å². The molecule has 0 bridgehead atoms. The molecule has 1 amide bonds. The number of nitrogens with zero attached hydrogens (tertiary/aromatic N) is 3. The first-order valence-electron chi connectivity index (χ1n) is 8.88. The number of hydrogen-bond donors (Lipinski definition) is 1. The topological polar surface area (TPSA) is 94.0 Å². The second kappa shape index (κ2) is 7.14. The van der Waals surface area contributed by atoms with E-state index in [9.17, 15) is 13.2 Å². The maximum atomic E-state index is 12.9. The van der Waals surface area contributed by atoms with Crippen molar-refractivity contribution in [3.05, 3.63) is 84.2 Å². The van der Waals surface area contributed by atoms with Crippen molar-refractivity contribution < 1.29 is 13.2 Å². The number of aromatic nitrogens is 3. The minimum Gasteiger partial charge on any atom is -0.316 e. The summed E-state index contributed by atoms with van der Waals surface area (Å²) in [6, 6.07) is 11.8. The minimum absolute atomic E-state index is 0.0341. The van der Waals surface area contributed by atoms with E-state index in [0.717, 1.165) is 11.4 Å². The van der Waals surface area contributed by atoms with Crippen molar-refractivity contribution >= 4 is 26.7 Å². The number of sulfonamides is 1. The van der Waals surface area contributed by atoms with Crippen molar-refractivity contribution in [1.29, 1.82) is 0 Å². The molecule has 0 spiro atoms. The molecule has 1 aromatic carbocycles. The summed E-state index contributed by atoms with van der Waals surface area (Å²) in [6.45, 7) is 3.62. The average Bonchev–Trinajstić information content (AvgIpc) is 3.02. The van der Waals surface area contributed by atoms with Gasteiger partial charge in [0.15, 0.2) is 0 Å². The lowest BCUT2D eigenvalue weighted by Crippen LogP contribution is -2.31. The third-order valence-corrected chi connectivity index (χ3v) is 6.13. The van der Waals surface area contributed by atoms with Crippen molar-refractivity contribution in [3.63, 3.8) is 0 Å². The number of pyridine rings is 2. The summed E-state index contributed by atoms with van der Waals surface area (Å²) in [5, 5.41) is 1.18. The molecule has 0 fully saturated rings. The highest BCUT2D eigenvalue weighted by Crippen LogP contribution is 2.24. The molecule has 0 aliphatic carbocycles. The Hall–Kier alpha value is -3.52. The van der Waals surface area contributed by atoms with Crippen LogP contribution in [0.5, 0.6) is 0 Å². The zero-order chi connectivity index (χ0) is 20.6. The van der Waals surface area contributed by atoms with Crippen LogP contribution < -0.4 is 4.72 Å². The smallest absolute Gasteiger partial charge is 0.266 e. The van der Waals surface area contributed by atoms with E-state index in [4.69, 9.17) is 0 Å². The first-order chi connectivity index (χ1) is 13.9. The fraction of sp³-hybridized carbons (Fsp3) is 0.0952. The third kappa shape index (κ3) is 3.38. The van der Waals surface area contributed by atoms with Gasteiger partial charge in [0.05, 0.1) is 22.3 Å². The van der Waals surface area contributed by atoms with Crippen LogP contribution >= 0.6 is 0 Å². The molecule has 8 heteroatoms. The maximum Gasteiger partial charge on any atom is 0.266 e. The number of benzene rings is 1. The van der Waals surface area contributed by atoms with Crippen LogP contribution in [0, 0.1) is 13.8 Å². The lowest BCUT2D eigenvalue weighted by molar-refractivity contribution is 0.0981. The summed E-state index contributed by atoms with van der Waals surface area (Å²) in [5.41, 5.74) is 2.52. The quantitative estimate of drug-likeness (QED) is 0.562. The molecule has 0 saturated heterocycles.